The molecule has 1 N–H and O–H groups in total. The van der Waals surface area contributed by atoms with Crippen LogP contribution in [-0.4, -0.2) is 42.1 Å². The lowest BCUT2D eigenvalue weighted by Crippen LogP contribution is -2.37. The van der Waals surface area contributed by atoms with Crippen molar-refractivity contribution in [3.8, 4) is 5.75 Å². The zero-order valence-electron chi connectivity index (χ0n) is 18.8. The summed E-state index contributed by atoms with van der Waals surface area (Å²) in [6.45, 7) is 1.61. The molecule has 1 aromatic carbocycles. The van der Waals surface area contributed by atoms with Crippen LogP contribution in [0.5, 0.6) is 5.75 Å². The van der Waals surface area contributed by atoms with Crippen LogP contribution in [0.25, 0.3) is 0 Å². The van der Waals surface area contributed by atoms with Gasteiger partial charge >= 0.3 is 0 Å². The van der Waals surface area contributed by atoms with Crippen LogP contribution in [0.3, 0.4) is 0 Å². The number of ether oxygens (including phenoxy) is 1. The number of methoxy groups -OCH3 is 1. The Bertz CT molecular complexity index is 898. The molecule has 4 rings (SSSR count). The van der Waals surface area contributed by atoms with E-state index in [0.29, 0.717) is 31.3 Å². The standard InChI is InChI=1S/C25H33N3O4/c1-31-21-11-9-18(10-12-21)13-14-28(25(30)20-5-3-2-4-6-20)17-22-15-23(27-32-22)24(29)26-16-19-7-8-19/h9-12,15,19-20H,2-8,13-14,16-17H2,1H3,(H,26,29). The molecule has 2 amide bonds. The van der Waals surface area contributed by atoms with Crippen molar-refractivity contribution in [1.82, 2.24) is 15.4 Å². The third-order valence-corrected chi connectivity index (χ3v) is 6.48. The fourth-order valence-electron chi connectivity index (χ4n) is 4.26. The van der Waals surface area contributed by atoms with Gasteiger partial charge in [0.2, 0.25) is 5.91 Å². The molecule has 0 bridgehead atoms. The highest BCUT2D eigenvalue weighted by molar-refractivity contribution is 5.92. The molecular formula is C25H33N3O4. The summed E-state index contributed by atoms with van der Waals surface area (Å²) in [7, 11) is 1.65. The summed E-state index contributed by atoms with van der Waals surface area (Å²) in [6, 6.07) is 9.59. The van der Waals surface area contributed by atoms with Gasteiger partial charge in [-0.3, -0.25) is 9.59 Å². The molecule has 2 aliphatic rings. The first-order valence-electron chi connectivity index (χ1n) is 11.8. The van der Waals surface area contributed by atoms with Crippen LogP contribution in [0.4, 0.5) is 0 Å². The minimum Gasteiger partial charge on any atom is -0.497 e. The number of hydrogen-bond acceptors (Lipinski definition) is 5. The number of hydrogen-bond donors (Lipinski definition) is 1. The molecule has 1 aromatic heterocycles. The quantitative estimate of drug-likeness (QED) is 0.605. The zero-order chi connectivity index (χ0) is 22.3. The average Bonchev–Trinajstić information content (AvgIpc) is 3.56. The predicted octanol–water partition coefficient (Wildman–Crippen LogP) is 3.97. The number of aromatic nitrogens is 1. The number of rotatable bonds is 10. The molecule has 0 aliphatic heterocycles. The van der Waals surface area contributed by atoms with Crippen LogP contribution in [0.15, 0.2) is 34.9 Å². The Kier molecular flexibility index (Phi) is 7.45. The molecule has 0 saturated heterocycles. The maximum absolute atomic E-state index is 13.3. The Labute approximate surface area is 189 Å². The van der Waals surface area contributed by atoms with Gasteiger partial charge in [-0.25, -0.2) is 0 Å². The lowest BCUT2D eigenvalue weighted by Gasteiger charge is -2.28. The first-order chi connectivity index (χ1) is 15.6. The molecular weight excluding hydrogens is 406 g/mol. The highest BCUT2D eigenvalue weighted by Crippen LogP contribution is 2.28. The van der Waals surface area contributed by atoms with Gasteiger partial charge in [0.15, 0.2) is 11.5 Å². The van der Waals surface area contributed by atoms with E-state index in [1.165, 1.54) is 19.3 Å². The van der Waals surface area contributed by atoms with Crippen LogP contribution < -0.4 is 10.1 Å². The van der Waals surface area contributed by atoms with Gasteiger partial charge in [-0.15, -0.1) is 0 Å². The van der Waals surface area contributed by atoms with Crippen LogP contribution >= 0.6 is 0 Å². The van der Waals surface area contributed by atoms with Gasteiger partial charge in [-0.2, -0.15) is 0 Å². The summed E-state index contributed by atoms with van der Waals surface area (Å²) >= 11 is 0. The smallest absolute Gasteiger partial charge is 0.273 e. The fourth-order valence-corrected chi connectivity index (χ4v) is 4.26. The summed E-state index contributed by atoms with van der Waals surface area (Å²) < 4.78 is 10.7. The number of carbonyl (C=O) groups is 2. The number of amides is 2. The van der Waals surface area contributed by atoms with E-state index >= 15 is 0 Å². The monoisotopic (exact) mass is 439 g/mol. The highest BCUT2D eigenvalue weighted by atomic mass is 16.5. The Morgan fingerprint density at radius 2 is 1.88 bits per heavy atom. The van der Waals surface area contributed by atoms with Crippen LogP contribution in [-0.2, 0) is 17.8 Å². The SMILES string of the molecule is COc1ccc(CCN(Cc2cc(C(=O)NCC3CC3)no2)C(=O)C2CCCCC2)cc1. The third-order valence-electron chi connectivity index (χ3n) is 6.48. The molecule has 1 heterocycles. The maximum Gasteiger partial charge on any atom is 0.273 e. The molecule has 0 unspecified atom stereocenters. The molecule has 0 spiro atoms. The molecule has 7 heteroatoms. The van der Waals surface area contributed by atoms with E-state index in [9.17, 15) is 9.59 Å². The Morgan fingerprint density at radius 1 is 1.12 bits per heavy atom. The van der Waals surface area contributed by atoms with Crippen molar-refractivity contribution in [3.63, 3.8) is 0 Å². The van der Waals surface area contributed by atoms with Crippen molar-refractivity contribution in [2.24, 2.45) is 11.8 Å². The Morgan fingerprint density at radius 3 is 2.56 bits per heavy atom. The minimum atomic E-state index is -0.213. The predicted molar refractivity (Wildman–Crippen MR) is 120 cm³/mol. The lowest BCUT2D eigenvalue weighted by atomic mass is 9.88. The molecule has 2 aromatic rings. The lowest BCUT2D eigenvalue weighted by molar-refractivity contribution is -0.137. The number of benzene rings is 1. The first kappa shape index (κ1) is 22.4. The fraction of sp³-hybridized carbons (Fsp3) is 0.560. The van der Waals surface area contributed by atoms with Crippen LogP contribution in [0.2, 0.25) is 0 Å². The number of nitrogens with zero attached hydrogens (tertiary/aromatic N) is 2. The molecule has 7 nitrogen and oxygen atoms in total. The average molecular weight is 440 g/mol. The van der Waals surface area contributed by atoms with Gasteiger partial charge in [-0.1, -0.05) is 36.6 Å². The van der Waals surface area contributed by atoms with Crippen molar-refractivity contribution < 1.29 is 18.8 Å². The normalized spacial score (nSPS) is 16.5. The molecule has 32 heavy (non-hydrogen) atoms. The van der Waals surface area contributed by atoms with Gasteiger partial charge in [-0.05, 0) is 55.7 Å². The molecule has 2 aliphatic carbocycles. The summed E-state index contributed by atoms with van der Waals surface area (Å²) in [5.74, 6) is 2.00. The van der Waals surface area contributed by atoms with Crippen molar-refractivity contribution in [3.05, 3.63) is 47.3 Å². The molecule has 0 atom stereocenters. The number of carbonyl (C=O) groups excluding carboxylic acids is 2. The van der Waals surface area contributed by atoms with E-state index in [2.05, 4.69) is 10.5 Å². The molecule has 2 fully saturated rings. The van der Waals surface area contributed by atoms with Crippen LogP contribution in [0, 0.1) is 11.8 Å². The second kappa shape index (κ2) is 10.7. The van der Waals surface area contributed by atoms with E-state index in [1.54, 1.807) is 13.2 Å². The van der Waals surface area contributed by atoms with E-state index in [1.807, 2.05) is 29.2 Å². The minimum absolute atomic E-state index is 0.0730. The summed E-state index contributed by atoms with van der Waals surface area (Å²) in [4.78, 5) is 27.5. The Balaban J connectivity index is 1.40. The zero-order valence-corrected chi connectivity index (χ0v) is 18.8. The van der Waals surface area contributed by atoms with E-state index < -0.39 is 0 Å². The molecule has 172 valence electrons. The van der Waals surface area contributed by atoms with E-state index in [0.717, 1.165) is 43.4 Å². The second-order valence-corrected chi connectivity index (χ2v) is 9.02. The third kappa shape index (κ3) is 6.11. The Hall–Kier alpha value is -2.83. The summed E-state index contributed by atoms with van der Waals surface area (Å²) in [5, 5.41) is 6.84. The van der Waals surface area contributed by atoms with Gasteiger partial charge in [0.25, 0.3) is 5.91 Å². The van der Waals surface area contributed by atoms with Gasteiger partial charge < -0.3 is 19.5 Å². The van der Waals surface area contributed by atoms with E-state index in [-0.39, 0.29) is 23.4 Å². The first-order valence-corrected chi connectivity index (χ1v) is 11.8. The highest BCUT2D eigenvalue weighted by Gasteiger charge is 2.27. The van der Waals surface area contributed by atoms with Crippen molar-refractivity contribution in [2.45, 2.75) is 57.9 Å². The molecule has 0 radical (unpaired) electrons. The van der Waals surface area contributed by atoms with Gasteiger partial charge in [0.05, 0.1) is 13.7 Å². The number of nitrogens with one attached hydrogen (secondary N) is 1. The summed E-state index contributed by atoms with van der Waals surface area (Å²) in [6.07, 6.45) is 8.41. The van der Waals surface area contributed by atoms with Crippen molar-refractivity contribution >= 4 is 11.8 Å². The topological polar surface area (TPSA) is 84.7 Å². The molecule has 2 saturated carbocycles. The largest absolute Gasteiger partial charge is 0.497 e. The summed E-state index contributed by atoms with van der Waals surface area (Å²) in [5.41, 5.74) is 1.42. The van der Waals surface area contributed by atoms with Gasteiger partial charge in [0, 0.05) is 25.1 Å². The van der Waals surface area contributed by atoms with E-state index in [4.69, 9.17) is 9.26 Å². The second-order valence-electron chi connectivity index (χ2n) is 9.02. The van der Waals surface area contributed by atoms with Crippen molar-refractivity contribution in [2.75, 3.05) is 20.2 Å². The van der Waals surface area contributed by atoms with Gasteiger partial charge in [0.1, 0.15) is 5.75 Å². The van der Waals surface area contributed by atoms with Crippen LogP contribution in [0.1, 0.15) is 66.8 Å². The maximum atomic E-state index is 13.3. The van der Waals surface area contributed by atoms with Crippen molar-refractivity contribution in [1.29, 1.82) is 0 Å².